The fourth-order valence-electron chi connectivity index (χ4n) is 4.48. The molecule has 2 aromatic rings. The summed E-state index contributed by atoms with van der Waals surface area (Å²) in [5, 5.41) is 15.0. The maximum atomic E-state index is 13.3. The molecule has 3 rings (SSSR count). The molecular formula is C27H33F6N5O4. The first-order valence-corrected chi connectivity index (χ1v) is 13.5. The maximum absolute atomic E-state index is 13.3. The number of halogens is 6. The molecule has 15 heteroatoms. The van der Waals surface area contributed by atoms with Crippen molar-refractivity contribution in [3.8, 4) is 0 Å². The molecule has 0 spiro atoms. The van der Waals surface area contributed by atoms with Gasteiger partial charge in [-0.1, -0.05) is 6.07 Å². The van der Waals surface area contributed by atoms with Crippen molar-refractivity contribution < 1.29 is 45.8 Å². The zero-order valence-corrected chi connectivity index (χ0v) is 22.7. The molecule has 42 heavy (non-hydrogen) atoms. The zero-order valence-electron chi connectivity index (χ0n) is 22.7. The third-order valence-electron chi connectivity index (χ3n) is 6.59. The summed E-state index contributed by atoms with van der Waals surface area (Å²) in [5.74, 6) is -1.91. The van der Waals surface area contributed by atoms with Crippen molar-refractivity contribution in [2.75, 3.05) is 44.7 Å². The Bertz CT molecular complexity index is 1190. The van der Waals surface area contributed by atoms with Gasteiger partial charge >= 0.3 is 18.3 Å². The normalized spacial score (nSPS) is 14.3. The van der Waals surface area contributed by atoms with Gasteiger partial charge in [0.25, 0.3) is 5.91 Å². The van der Waals surface area contributed by atoms with Gasteiger partial charge in [-0.05, 0) is 68.8 Å². The lowest BCUT2D eigenvalue weighted by molar-refractivity contribution is -0.174. The summed E-state index contributed by atoms with van der Waals surface area (Å²) >= 11 is 0. The molecule has 9 nitrogen and oxygen atoms in total. The van der Waals surface area contributed by atoms with E-state index < -0.39 is 48.1 Å². The minimum Gasteiger partial charge on any atom is -0.480 e. The molecule has 0 bridgehead atoms. The summed E-state index contributed by atoms with van der Waals surface area (Å²) in [4.78, 5) is 34.1. The van der Waals surface area contributed by atoms with E-state index in [9.17, 15) is 41.0 Å². The molecule has 1 aliphatic heterocycles. The number of unbranched alkanes of at least 4 members (excludes halogenated alkanes) is 1. The van der Waals surface area contributed by atoms with Crippen molar-refractivity contribution in [1.82, 2.24) is 20.2 Å². The third-order valence-corrected chi connectivity index (χ3v) is 6.59. The van der Waals surface area contributed by atoms with Gasteiger partial charge < -0.3 is 25.4 Å². The lowest BCUT2D eigenvalue weighted by Gasteiger charge is -2.24. The third kappa shape index (κ3) is 10.7. The number of carbonyl (C=O) groups is 2. The highest BCUT2D eigenvalue weighted by molar-refractivity contribution is 5.96. The molecule has 2 aromatic heterocycles. The van der Waals surface area contributed by atoms with E-state index in [1.54, 1.807) is 4.90 Å². The van der Waals surface area contributed by atoms with Crippen molar-refractivity contribution in [3.63, 3.8) is 0 Å². The van der Waals surface area contributed by atoms with Gasteiger partial charge in [-0.3, -0.25) is 9.78 Å². The van der Waals surface area contributed by atoms with Crippen LogP contribution in [0.15, 0.2) is 30.5 Å². The van der Waals surface area contributed by atoms with Crippen LogP contribution in [0.2, 0.25) is 0 Å². The molecule has 3 N–H and O–H groups in total. The van der Waals surface area contributed by atoms with E-state index in [1.807, 2.05) is 12.1 Å². The van der Waals surface area contributed by atoms with Crippen LogP contribution in [0.5, 0.6) is 0 Å². The van der Waals surface area contributed by atoms with Gasteiger partial charge in [0.05, 0.1) is 12.2 Å². The summed E-state index contributed by atoms with van der Waals surface area (Å²) in [5.41, 5.74) is -0.212. The molecule has 0 unspecified atom stereocenters. The first-order valence-electron chi connectivity index (χ1n) is 13.5. The number of aryl methyl sites for hydroxylation is 2. The van der Waals surface area contributed by atoms with Crippen LogP contribution in [0, 0.1) is 0 Å². The van der Waals surface area contributed by atoms with Crippen molar-refractivity contribution in [2.45, 2.75) is 56.9 Å². The molecule has 0 saturated heterocycles. The second kappa shape index (κ2) is 15.1. The van der Waals surface area contributed by atoms with Gasteiger partial charge in [0, 0.05) is 31.5 Å². The highest BCUT2D eigenvalue weighted by atomic mass is 19.4. The van der Waals surface area contributed by atoms with E-state index in [4.69, 9.17) is 4.74 Å². The number of anilines is 1. The molecule has 0 radical (unpaired) electrons. The lowest BCUT2D eigenvalue weighted by Crippen LogP contribution is -2.44. The Kier molecular flexibility index (Phi) is 11.9. The minimum atomic E-state index is -4.88. The van der Waals surface area contributed by atoms with Gasteiger partial charge in [-0.15, -0.1) is 0 Å². The quantitative estimate of drug-likeness (QED) is 0.203. The number of carboxylic acids is 1. The smallest absolute Gasteiger partial charge is 0.418 e. The van der Waals surface area contributed by atoms with Gasteiger partial charge in [0.2, 0.25) is 0 Å². The Labute approximate surface area is 238 Å². The molecule has 1 aliphatic rings. The Morgan fingerprint density at radius 2 is 1.88 bits per heavy atom. The minimum absolute atomic E-state index is 0.0297. The molecule has 0 saturated carbocycles. The predicted octanol–water partition coefficient (Wildman–Crippen LogP) is 4.33. The standard InChI is InChI=1S/C27H33F6N5O4/c28-26(29,30)17-42-16-15-38(13-2-1-6-19-9-8-18-5-3-12-35-23(18)36-19)14-10-21(25(40)41)37-24(39)22-20(27(31,32)33)7-4-11-34-22/h4,7-9,11,21H,1-3,5-6,10,12-17H2,(H,35,36)(H,37,39)(H,40,41)/t21-/m0/s1. The van der Waals surface area contributed by atoms with E-state index in [0.29, 0.717) is 31.9 Å². The molecule has 232 valence electrons. The SMILES string of the molecule is O=C(N[C@@H](CCN(CCCCc1ccc2c(n1)NCCC2)CCOCC(F)(F)F)C(=O)O)c1ncccc1C(F)(F)F. The number of aliphatic carboxylic acids is 1. The number of ether oxygens (including phenoxy) is 1. The number of alkyl halides is 6. The van der Waals surface area contributed by atoms with Crippen LogP contribution in [-0.2, 0) is 28.5 Å². The van der Waals surface area contributed by atoms with Crippen LogP contribution in [0.25, 0.3) is 0 Å². The predicted molar refractivity (Wildman–Crippen MR) is 140 cm³/mol. The van der Waals surface area contributed by atoms with E-state index in [-0.39, 0.29) is 26.1 Å². The van der Waals surface area contributed by atoms with Crippen LogP contribution >= 0.6 is 0 Å². The summed E-state index contributed by atoms with van der Waals surface area (Å²) in [6.45, 7) is -0.379. The average molecular weight is 606 g/mol. The van der Waals surface area contributed by atoms with Crippen LogP contribution in [-0.4, -0.2) is 83.5 Å². The molecule has 3 heterocycles. The lowest BCUT2D eigenvalue weighted by atomic mass is 10.1. The van der Waals surface area contributed by atoms with Crippen LogP contribution in [0.1, 0.15) is 53.0 Å². The number of hydrogen-bond acceptors (Lipinski definition) is 7. The number of nitrogens with one attached hydrogen (secondary N) is 2. The zero-order chi connectivity index (χ0) is 30.8. The highest BCUT2D eigenvalue weighted by Gasteiger charge is 2.36. The fraction of sp³-hybridized carbons (Fsp3) is 0.556. The first kappa shape index (κ1) is 33.0. The van der Waals surface area contributed by atoms with Crippen LogP contribution in [0.4, 0.5) is 32.2 Å². The number of fused-ring (bicyclic) bond motifs is 1. The fourth-order valence-corrected chi connectivity index (χ4v) is 4.48. The number of aromatic nitrogens is 2. The number of amides is 1. The summed E-state index contributed by atoms with van der Waals surface area (Å²) in [6, 6.07) is 4.10. The molecule has 1 atom stereocenters. The number of nitrogens with zero attached hydrogens (tertiary/aromatic N) is 3. The largest absolute Gasteiger partial charge is 0.480 e. The first-order chi connectivity index (χ1) is 19.8. The Hall–Kier alpha value is -3.46. The van der Waals surface area contributed by atoms with Gasteiger partial charge in [-0.25, -0.2) is 9.78 Å². The number of carboxylic acid groups (broad SMARTS) is 1. The monoisotopic (exact) mass is 605 g/mol. The molecule has 1 amide bonds. The van der Waals surface area contributed by atoms with Crippen LogP contribution < -0.4 is 10.6 Å². The van der Waals surface area contributed by atoms with E-state index in [1.165, 1.54) is 0 Å². The molecule has 0 fully saturated rings. The molecule has 0 aromatic carbocycles. The number of rotatable bonds is 15. The van der Waals surface area contributed by atoms with Gasteiger partial charge in [-0.2, -0.15) is 26.3 Å². The number of pyridine rings is 2. The summed E-state index contributed by atoms with van der Waals surface area (Å²) in [6.07, 6.45) is -4.63. The summed E-state index contributed by atoms with van der Waals surface area (Å²) < 4.78 is 81.9. The van der Waals surface area contributed by atoms with E-state index in [2.05, 4.69) is 20.6 Å². The average Bonchev–Trinajstić information content (AvgIpc) is 2.93. The second-order valence-corrected chi connectivity index (χ2v) is 9.86. The number of carbonyl (C=O) groups excluding carboxylic acids is 1. The molecule has 0 aliphatic carbocycles. The van der Waals surface area contributed by atoms with Crippen molar-refractivity contribution >= 4 is 17.7 Å². The molecular weight excluding hydrogens is 572 g/mol. The Morgan fingerprint density at radius 3 is 2.60 bits per heavy atom. The van der Waals surface area contributed by atoms with E-state index in [0.717, 1.165) is 48.7 Å². The number of hydrogen-bond donors (Lipinski definition) is 3. The van der Waals surface area contributed by atoms with E-state index >= 15 is 0 Å². The van der Waals surface area contributed by atoms with Crippen molar-refractivity contribution in [1.29, 1.82) is 0 Å². The maximum Gasteiger partial charge on any atom is 0.418 e. The second-order valence-electron chi connectivity index (χ2n) is 9.86. The van der Waals surface area contributed by atoms with Gasteiger partial charge in [0.15, 0.2) is 0 Å². The highest BCUT2D eigenvalue weighted by Crippen LogP contribution is 2.31. The van der Waals surface area contributed by atoms with Crippen molar-refractivity contribution in [3.05, 3.63) is 53.0 Å². The van der Waals surface area contributed by atoms with Gasteiger partial charge in [0.1, 0.15) is 24.2 Å². The van der Waals surface area contributed by atoms with Crippen molar-refractivity contribution in [2.24, 2.45) is 0 Å². The topological polar surface area (TPSA) is 117 Å². The Balaban J connectivity index is 1.57. The Morgan fingerprint density at radius 1 is 1.10 bits per heavy atom. The summed E-state index contributed by atoms with van der Waals surface area (Å²) in [7, 11) is 0. The van der Waals surface area contributed by atoms with Crippen LogP contribution in [0.3, 0.4) is 0 Å².